The monoisotopic (exact) mass is 499 g/mol. The first kappa shape index (κ1) is 21.4. The smallest absolute Gasteiger partial charge is 0.347 e. The molecule has 2 aromatic heterocycles. The number of imidazole rings is 1. The van der Waals surface area contributed by atoms with Gasteiger partial charge in [-0.15, -0.1) is 0 Å². The molecule has 37 heavy (non-hydrogen) atoms. The van der Waals surface area contributed by atoms with Crippen molar-refractivity contribution in [1.82, 2.24) is 14.5 Å². The Morgan fingerprint density at radius 3 is 2.22 bits per heavy atom. The second-order valence-electron chi connectivity index (χ2n) is 8.63. The van der Waals surface area contributed by atoms with Crippen molar-refractivity contribution in [2.75, 3.05) is 0 Å². The minimum absolute atomic E-state index is 0.0686. The van der Waals surface area contributed by atoms with Crippen LogP contribution >= 0.6 is 11.3 Å². The van der Waals surface area contributed by atoms with Crippen molar-refractivity contribution >= 4 is 50.4 Å². The average Bonchev–Trinajstić information content (AvgIpc) is 3.49. The molecule has 7 heteroatoms. The number of carbonyl (C=O) groups excluding carboxylic acids is 2. The Bertz CT molecular complexity index is 1890. The zero-order valence-electron chi connectivity index (χ0n) is 19.3. The van der Waals surface area contributed by atoms with Crippen molar-refractivity contribution in [3.8, 4) is 22.0 Å². The zero-order chi connectivity index (χ0) is 24.9. The van der Waals surface area contributed by atoms with Crippen LogP contribution in [0.15, 0.2) is 103 Å². The van der Waals surface area contributed by atoms with Crippen LogP contribution in [0.1, 0.15) is 16.2 Å². The lowest BCUT2D eigenvalue weighted by atomic mass is 9.96. The van der Waals surface area contributed by atoms with Gasteiger partial charge in [0.05, 0.1) is 5.56 Å². The third-order valence-corrected chi connectivity index (χ3v) is 7.30. The van der Waals surface area contributed by atoms with Crippen LogP contribution in [-0.4, -0.2) is 26.3 Å². The number of thiazole rings is 1. The largest absolute Gasteiger partial charge is 0.422 e. The number of benzene rings is 4. The predicted octanol–water partition coefficient (Wildman–Crippen LogP) is 6.49. The van der Waals surface area contributed by atoms with E-state index in [0.29, 0.717) is 21.9 Å². The fraction of sp³-hybridized carbons (Fsp3) is 0. The summed E-state index contributed by atoms with van der Waals surface area (Å²) in [6.07, 6.45) is 1.51. The molecule has 3 heterocycles. The van der Waals surface area contributed by atoms with E-state index >= 15 is 0 Å². The molecule has 176 valence electrons. The molecular formula is C30H17N3O3S. The lowest BCUT2D eigenvalue weighted by Crippen LogP contribution is -2.25. The summed E-state index contributed by atoms with van der Waals surface area (Å²) in [5.74, 6) is -0.380. The first-order valence-electron chi connectivity index (χ1n) is 11.7. The van der Waals surface area contributed by atoms with Gasteiger partial charge in [-0.05, 0) is 41.1 Å². The Balaban J connectivity index is 1.39. The van der Waals surface area contributed by atoms with E-state index in [4.69, 9.17) is 14.7 Å². The number of hydrogen-bond donors (Lipinski definition) is 0. The van der Waals surface area contributed by atoms with Gasteiger partial charge in [0.15, 0.2) is 10.5 Å². The minimum atomic E-state index is -0.698. The van der Waals surface area contributed by atoms with Crippen LogP contribution in [0.3, 0.4) is 0 Å². The fourth-order valence-electron chi connectivity index (χ4n) is 4.55. The normalized spacial score (nSPS) is 14.3. The molecule has 0 saturated heterocycles. The van der Waals surface area contributed by atoms with Crippen molar-refractivity contribution in [3.63, 3.8) is 0 Å². The van der Waals surface area contributed by atoms with E-state index in [2.05, 4.69) is 0 Å². The van der Waals surface area contributed by atoms with Crippen LogP contribution in [0.5, 0.6) is 5.75 Å². The molecule has 0 radical (unpaired) electrons. The number of esters is 1. The van der Waals surface area contributed by atoms with Crippen molar-refractivity contribution in [1.29, 1.82) is 0 Å². The number of hydrogen-bond acceptors (Lipinski definition) is 6. The van der Waals surface area contributed by atoms with E-state index in [1.807, 2.05) is 89.5 Å². The molecule has 0 atom stereocenters. The SMILES string of the molecule is O=C1Oc2cc3ccccc3cc2C(=O)/C1=C/c1nc2sc(-c3ccccc3)nc2n1-c1ccccc1. The molecule has 6 nitrogen and oxygen atoms in total. The molecule has 1 aliphatic rings. The van der Waals surface area contributed by atoms with Crippen LogP contribution in [-0.2, 0) is 4.79 Å². The highest BCUT2D eigenvalue weighted by molar-refractivity contribution is 7.21. The Hall–Kier alpha value is -4.88. The molecule has 0 bridgehead atoms. The van der Waals surface area contributed by atoms with Gasteiger partial charge in [0.1, 0.15) is 22.2 Å². The predicted molar refractivity (Wildman–Crippen MR) is 144 cm³/mol. The Labute approximate surface area is 215 Å². The Morgan fingerprint density at radius 1 is 0.784 bits per heavy atom. The maximum absolute atomic E-state index is 13.5. The summed E-state index contributed by atoms with van der Waals surface area (Å²) in [6.45, 7) is 0. The average molecular weight is 500 g/mol. The molecule has 1 aliphatic heterocycles. The summed E-state index contributed by atoms with van der Waals surface area (Å²) in [7, 11) is 0. The number of rotatable bonds is 3. The summed E-state index contributed by atoms with van der Waals surface area (Å²) in [5.41, 5.74) is 2.77. The van der Waals surface area contributed by atoms with E-state index in [1.165, 1.54) is 17.4 Å². The molecule has 0 unspecified atom stereocenters. The molecule has 0 saturated carbocycles. The maximum atomic E-state index is 13.5. The number of para-hydroxylation sites is 1. The van der Waals surface area contributed by atoms with Gasteiger partial charge in [-0.25, -0.2) is 14.8 Å². The van der Waals surface area contributed by atoms with Crippen LogP contribution in [0, 0.1) is 0 Å². The number of ether oxygens (including phenoxy) is 1. The lowest BCUT2D eigenvalue weighted by Gasteiger charge is -2.18. The number of ketones is 1. The standard InChI is InChI=1S/C30H17N3O3S/c34-26-22-15-19-11-7-8-12-20(19)16-24(22)36-30(35)23(26)17-25-31-29-27(33(25)21-13-5-2-6-14-21)32-28(37-29)18-9-3-1-4-10-18/h1-17H/b23-17-. The summed E-state index contributed by atoms with van der Waals surface area (Å²) in [4.78, 5) is 36.8. The van der Waals surface area contributed by atoms with Crippen LogP contribution in [0.2, 0.25) is 0 Å². The minimum Gasteiger partial charge on any atom is -0.422 e. The number of aromatic nitrogens is 3. The van der Waals surface area contributed by atoms with Gasteiger partial charge in [-0.3, -0.25) is 9.36 Å². The zero-order valence-corrected chi connectivity index (χ0v) is 20.1. The molecule has 0 amide bonds. The molecular weight excluding hydrogens is 482 g/mol. The summed E-state index contributed by atoms with van der Waals surface area (Å²) in [5, 5.41) is 2.64. The van der Waals surface area contributed by atoms with Gasteiger partial charge >= 0.3 is 5.97 Å². The fourth-order valence-corrected chi connectivity index (χ4v) is 5.48. The highest BCUT2D eigenvalue weighted by atomic mass is 32.1. The molecule has 4 aromatic carbocycles. The molecule has 7 rings (SSSR count). The van der Waals surface area contributed by atoms with Crippen LogP contribution in [0.25, 0.3) is 43.6 Å². The quantitative estimate of drug-likeness (QED) is 0.120. The highest BCUT2D eigenvalue weighted by Crippen LogP contribution is 2.35. The maximum Gasteiger partial charge on any atom is 0.347 e. The topological polar surface area (TPSA) is 74.1 Å². The third-order valence-electron chi connectivity index (χ3n) is 6.32. The van der Waals surface area contributed by atoms with Gasteiger partial charge in [0.2, 0.25) is 5.78 Å². The van der Waals surface area contributed by atoms with Crippen molar-refractivity contribution in [3.05, 3.63) is 114 Å². The van der Waals surface area contributed by atoms with Crippen molar-refractivity contribution < 1.29 is 14.3 Å². The number of nitrogens with zero attached hydrogens (tertiary/aromatic N) is 3. The molecule has 0 aliphatic carbocycles. The first-order valence-corrected chi connectivity index (χ1v) is 12.5. The van der Waals surface area contributed by atoms with Crippen molar-refractivity contribution in [2.45, 2.75) is 0 Å². The lowest BCUT2D eigenvalue weighted by molar-refractivity contribution is -0.130. The van der Waals surface area contributed by atoms with Gasteiger partial charge in [-0.1, -0.05) is 84.1 Å². The van der Waals surface area contributed by atoms with E-state index in [9.17, 15) is 9.59 Å². The third kappa shape index (κ3) is 3.56. The molecule has 6 aromatic rings. The highest BCUT2D eigenvalue weighted by Gasteiger charge is 2.32. The summed E-state index contributed by atoms with van der Waals surface area (Å²) < 4.78 is 7.46. The Morgan fingerprint density at radius 2 is 1.46 bits per heavy atom. The number of carbonyl (C=O) groups is 2. The summed E-state index contributed by atoms with van der Waals surface area (Å²) >= 11 is 1.46. The molecule has 0 N–H and O–H groups in total. The van der Waals surface area contributed by atoms with E-state index in [-0.39, 0.29) is 17.1 Å². The van der Waals surface area contributed by atoms with Crippen LogP contribution in [0.4, 0.5) is 0 Å². The Kier molecular flexibility index (Phi) is 4.84. The van der Waals surface area contributed by atoms with E-state index in [0.717, 1.165) is 27.0 Å². The van der Waals surface area contributed by atoms with Gasteiger partial charge in [-0.2, -0.15) is 0 Å². The van der Waals surface area contributed by atoms with E-state index in [1.54, 1.807) is 12.1 Å². The number of Topliss-reactive ketones (excluding diaryl/α,β-unsaturated/α-hetero) is 1. The van der Waals surface area contributed by atoms with Crippen LogP contribution < -0.4 is 4.74 Å². The second kappa shape index (κ2) is 8.36. The molecule has 0 spiro atoms. The van der Waals surface area contributed by atoms with Gasteiger partial charge < -0.3 is 4.74 Å². The first-order chi connectivity index (χ1) is 18.2. The van der Waals surface area contributed by atoms with Gasteiger partial charge in [0.25, 0.3) is 0 Å². The van der Waals surface area contributed by atoms with Gasteiger partial charge in [0, 0.05) is 11.3 Å². The van der Waals surface area contributed by atoms with Crippen molar-refractivity contribution in [2.24, 2.45) is 0 Å². The second-order valence-corrected chi connectivity index (χ2v) is 9.60. The number of fused-ring (bicyclic) bond motifs is 3. The molecule has 0 fully saturated rings. The van der Waals surface area contributed by atoms with E-state index < -0.39 is 5.97 Å². The summed E-state index contributed by atoms with van der Waals surface area (Å²) in [6, 6.07) is 30.7.